The van der Waals surface area contributed by atoms with E-state index in [1.54, 1.807) is 67.6 Å². The molecule has 0 fully saturated rings. The summed E-state index contributed by atoms with van der Waals surface area (Å²) >= 11 is 3.44. The zero-order chi connectivity index (χ0) is 27.5. The summed E-state index contributed by atoms with van der Waals surface area (Å²) in [4.78, 5) is 12.9. The quantitative estimate of drug-likeness (QED) is 0.172. The van der Waals surface area contributed by atoms with Crippen LogP contribution in [0.4, 0.5) is 5.69 Å². The van der Waals surface area contributed by atoms with Gasteiger partial charge >= 0.3 is 0 Å². The van der Waals surface area contributed by atoms with Gasteiger partial charge in [-0.15, -0.1) is 0 Å². The van der Waals surface area contributed by atoms with E-state index in [9.17, 15) is 13.2 Å². The maximum Gasteiger partial charge on any atom is 0.264 e. The molecule has 3 aromatic rings. The molecule has 0 aliphatic heterocycles. The van der Waals surface area contributed by atoms with Gasteiger partial charge in [0.15, 0.2) is 11.5 Å². The third-order valence-electron chi connectivity index (χ3n) is 5.05. The molecule has 38 heavy (non-hydrogen) atoms. The molecule has 0 atom stereocenters. The first-order valence-corrected chi connectivity index (χ1v) is 13.8. The van der Waals surface area contributed by atoms with Crippen molar-refractivity contribution in [2.45, 2.75) is 11.8 Å². The SMILES string of the molecule is C=CCOc1c(Br)cc(/C=N\NC(=O)CN(c2ccccc2OCC)S(=O)(=O)c2ccccc2)cc1OC. The third-order valence-corrected chi connectivity index (χ3v) is 7.42. The number of ether oxygens (including phenoxy) is 3. The van der Waals surface area contributed by atoms with E-state index in [4.69, 9.17) is 14.2 Å². The van der Waals surface area contributed by atoms with E-state index in [-0.39, 0.29) is 10.6 Å². The number of benzene rings is 3. The second kappa shape index (κ2) is 13.6. The van der Waals surface area contributed by atoms with E-state index in [1.807, 2.05) is 0 Å². The van der Waals surface area contributed by atoms with Gasteiger partial charge in [0, 0.05) is 0 Å². The number of para-hydroxylation sites is 2. The number of sulfonamides is 1. The summed E-state index contributed by atoms with van der Waals surface area (Å²) in [6, 6.07) is 17.9. The Morgan fingerprint density at radius 1 is 1.08 bits per heavy atom. The summed E-state index contributed by atoms with van der Waals surface area (Å²) in [6.45, 7) is 5.52. The average molecular weight is 603 g/mol. The van der Waals surface area contributed by atoms with Crippen LogP contribution in [0.15, 0.2) is 93.9 Å². The Balaban J connectivity index is 1.85. The number of rotatable bonds is 13. The Morgan fingerprint density at radius 2 is 1.79 bits per heavy atom. The highest BCUT2D eigenvalue weighted by molar-refractivity contribution is 9.10. The van der Waals surface area contributed by atoms with Gasteiger partial charge in [-0.05, 0) is 64.8 Å². The Bertz CT molecular complexity index is 1400. The zero-order valence-electron chi connectivity index (χ0n) is 21.0. The van der Waals surface area contributed by atoms with Crippen molar-refractivity contribution in [3.05, 3.63) is 89.4 Å². The van der Waals surface area contributed by atoms with Crippen LogP contribution < -0.4 is 23.9 Å². The van der Waals surface area contributed by atoms with Crippen molar-refractivity contribution >= 4 is 43.8 Å². The molecule has 1 N–H and O–H groups in total. The van der Waals surface area contributed by atoms with Gasteiger partial charge in [0.05, 0.1) is 35.0 Å². The predicted octanol–water partition coefficient (Wildman–Crippen LogP) is 4.77. The van der Waals surface area contributed by atoms with E-state index in [1.165, 1.54) is 25.5 Å². The van der Waals surface area contributed by atoms with Crippen LogP contribution in [-0.4, -0.2) is 47.4 Å². The molecule has 0 aliphatic carbocycles. The largest absolute Gasteiger partial charge is 0.493 e. The minimum atomic E-state index is -4.10. The minimum absolute atomic E-state index is 0.0401. The van der Waals surface area contributed by atoms with Crippen molar-refractivity contribution in [3.63, 3.8) is 0 Å². The van der Waals surface area contributed by atoms with E-state index < -0.39 is 22.5 Å². The topological polar surface area (TPSA) is 107 Å². The maximum atomic E-state index is 13.5. The molecule has 0 heterocycles. The van der Waals surface area contributed by atoms with Gasteiger partial charge in [0.1, 0.15) is 18.9 Å². The van der Waals surface area contributed by atoms with Gasteiger partial charge in [-0.1, -0.05) is 43.0 Å². The number of carbonyl (C=O) groups excluding carboxylic acids is 1. The van der Waals surface area contributed by atoms with Crippen LogP contribution in [0.1, 0.15) is 12.5 Å². The Kier molecular flexibility index (Phi) is 10.3. The normalized spacial score (nSPS) is 11.1. The Labute approximate surface area is 230 Å². The highest BCUT2D eigenvalue weighted by Gasteiger charge is 2.29. The predicted molar refractivity (Wildman–Crippen MR) is 151 cm³/mol. The molecule has 11 heteroatoms. The summed E-state index contributed by atoms with van der Waals surface area (Å²) < 4.78 is 45.4. The van der Waals surface area contributed by atoms with Crippen LogP contribution >= 0.6 is 15.9 Å². The van der Waals surface area contributed by atoms with Crippen LogP contribution in [0.5, 0.6) is 17.2 Å². The van der Waals surface area contributed by atoms with Crippen molar-refractivity contribution in [2.75, 3.05) is 31.2 Å². The number of methoxy groups -OCH3 is 1. The highest BCUT2D eigenvalue weighted by Crippen LogP contribution is 2.36. The first-order chi connectivity index (χ1) is 18.3. The van der Waals surface area contributed by atoms with Gasteiger partial charge in [-0.2, -0.15) is 5.10 Å². The molecule has 200 valence electrons. The first kappa shape index (κ1) is 28.7. The smallest absolute Gasteiger partial charge is 0.264 e. The first-order valence-electron chi connectivity index (χ1n) is 11.5. The monoisotopic (exact) mass is 601 g/mol. The second-order valence-electron chi connectivity index (χ2n) is 7.65. The highest BCUT2D eigenvalue weighted by atomic mass is 79.9. The van der Waals surface area contributed by atoms with Crippen molar-refractivity contribution in [2.24, 2.45) is 5.10 Å². The zero-order valence-corrected chi connectivity index (χ0v) is 23.4. The average Bonchev–Trinajstić information content (AvgIpc) is 2.92. The van der Waals surface area contributed by atoms with Crippen molar-refractivity contribution in [1.82, 2.24) is 5.43 Å². The fourth-order valence-electron chi connectivity index (χ4n) is 3.40. The molecule has 0 bridgehead atoms. The molecule has 9 nitrogen and oxygen atoms in total. The summed E-state index contributed by atoms with van der Waals surface area (Å²) in [7, 11) is -2.59. The number of nitrogens with one attached hydrogen (secondary N) is 1. The molecular formula is C27H28BrN3O6S. The van der Waals surface area contributed by atoms with Crippen LogP contribution in [-0.2, 0) is 14.8 Å². The lowest BCUT2D eigenvalue weighted by molar-refractivity contribution is -0.119. The standard InChI is InChI=1S/C27H28BrN3O6S/c1-4-15-37-27-22(28)16-20(17-25(27)35-3)18-29-30-26(32)19-31(23-13-9-10-14-24(23)36-5-2)38(33,34)21-11-7-6-8-12-21/h4,6-14,16-18H,1,5,15,19H2,2-3H3,(H,30,32)/b29-18-. The Hall–Kier alpha value is -3.83. The number of hydrogen-bond donors (Lipinski definition) is 1. The molecule has 0 saturated carbocycles. The molecule has 0 unspecified atom stereocenters. The van der Waals surface area contributed by atoms with Crippen LogP contribution in [0.3, 0.4) is 0 Å². The van der Waals surface area contributed by atoms with Crippen molar-refractivity contribution < 1.29 is 27.4 Å². The number of nitrogens with zero attached hydrogens (tertiary/aromatic N) is 2. The molecule has 1 amide bonds. The summed E-state index contributed by atoms with van der Waals surface area (Å²) in [6.07, 6.45) is 3.03. The Morgan fingerprint density at radius 3 is 2.47 bits per heavy atom. The van der Waals surface area contributed by atoms with Crippen LogP contribution in [0, 0.1) is 0 Å². The summed E-state index contributed by atoms with van der Waals surface area (Å²) in [5, 5.41) is 4.00. The van der Waals surface area contributed by atoms with Crippen molar-refractivity contribution in [3.8, 4) is 17.2 Å². The number of anilines is 1. The lowest BCUT2D eigenvalue weighted by Crippen LogP contribution is -2.39. The molecule has 3 aromatic carbocycles. The lowest BCUT2D eigenvalue weighted by atomic mass is 10.2. The van der Waals surface area contributed by atoms with E-state index in [0.29, 0.717) is 40.5 Å². The number of carbonyl (C=O) groups is 1. The number of hydrogen-bond acceptors (Lipinski definition) is 7. The van der Waals surface area contributed by atoms with E-state index >= 15 is 0 Å². The fourth-order valence-corrected chi connectivity index (χ4v) is 5.43. The third kappa shape index (κ3) is 7.14. The molecule has 0 aliphatic rings. The van der Waals surface area contributed by atoms with Gasteiger partial charge in [0.2, 0.25) is 0 Å². The van der Waals surface area contributed by atoms with Gasteiger partial charge in [0.25, 0.3) is 15.9 Å². The number of amides is 1. The molecule has 3 rings (SSSR count). The minimum Gasteiger partial charge on any atom is -0.493 e. The molecule has 0 spiro atoms. The second-order valence-corrected chi connectivity index (χ2v) is 10.4. The molecule has 0 radical (unpaired) electrons. The molecular weight excluding hydrogens is 574 g/mol. The molecule has 0 saturated heterocycles. The van der Waals surface area contributed by atoms with Crippen LogP contribution in [0.2, 0.25) is 0 Å². The fraction of sp³-hybridized carbons (Fsp3) is 0.185. The van der Waals surface area contributed by atoms with Crippen LogP contribution in [0.25, 0.3) is 0 Å². The maximum absolute atomic E-state index is 13.5. The van der Waals surface area contributed by atoms with Gasteiger partial charge in [-0.3, -0.25) is 9.10 Å². The number of halogens is 1. The van der Waals surface area contributed by atoms with Gasteiger partial charge < -0.3 is 14.2 Å². The number of hydrazone groups is 1. The van der Waals surface area contributed by atoms with Gasteiger partial charge in [-0.25, -0.2) is 13.8 Å². The summed E-state index contributed by atoms with van der Waals surface area (Å²) in [5.74, 6) is 0.649. The molecule has 0 aromatic heterocycles. The summed E-state index contributed by atoms with van der Waals surface area (Å²) in [5.41, 5.74) is 3.24. The van der Waals surface area contributed by atoms with E-state index in [2.05, 4.69) is 33.0 Å². The van der Waals surface area contributed by atoms with Crippen molar-refractivity contribution in [1.29, 1.82) is 0 Å². The van der Waals surface area contributed by atoms with E-state index in [0.717, 1.165) is 4.31 Å². The lowest BCUT2D eigenvalue weighted by Gasteiger charge is -2.25.